The van der Waals surface area contributed by atoms with Crippen LogP contribution in [0.15, 0.2) is 30.5 Å². The van der Waals surface area contributed by atoms with E-state index in [9.17, 15) is 14.0 Å². The third-order valence-electron chi connectivity index (χ3n) is 5.60. The molecule has 4 rings (SSSR count). The summed E-state index contributed by atoms with van der Waals surface area (Å²) in [4.78, 5) is 36.9. The molecule has 1 atom stereocenters. The van der Waals surface area contributed by atoms with Crippen molar-refractivity contribution in [1.82, 2.24) is 19.8 Å². The SMILES string of the molecule is CC(=O)N1CC[C@@H](c2ncc3c(n2)CCN(C(=O)Cc2ccccc2F)C3)C1. The minimum Gasteiger partial charge on any atom is -0.342 e. The van der Waals surface area contributed by atoms with Crippen LogP contribution in [0.3, 0.4) is 0 Å². The van der Waals surface area contributed by atoms with Crippen LogP contribution in [0, 0.1) is 5.82 Å². The van der Waals surface area contributed by atoms with E-state index in [-0.39, 0.29) is 30.0 Å². The topological polar surface area (TPSA) is 66.4 Å². The van der Waals surface area contributed by atoms with E-state index in [0.717, 1.165) is 30.0 Å². The molecule has 1 saturated heterocycles. The fourth-order valence-electron chi connectivity index (χ4n) is 3.91. The number of hydrogen-bond donors (Lipinski definition) is 0. The smallest absolute Gasteiger partial charge is 0.227 e. The standard InChI is InChI=1S/C21H23FN4O2/c1-14(27)25-8-6-16(12-25)21-23-11-17-13-26(9-7-19(17)24-21)20(28)10-15-4-2-3-5-18(15)22/h2-5,11,16H,6-10,12-13H2,1H3/t16-/m1/s1. The lowest BCUT2D eigenvalue weighted by molar-refractivity contribution is -0.131. The molecule has 1 fully saturated rings. The van der Waals surface area contributed by atoms with E-state index in [4.69, 9.17) is 4.98 Å². The maximum Gasteiger partial charge on any atom is 0.227 e. The number of likely N-dealkylation sites (tertiary alicyclic amines) is 1. The van der Waals surface area contributed by atoms with Crippen LogP contribution in [-0.4, -0.2) is 51.2 Å². The van der Waals surface area contributed by atoms with Crippen molar-refractivity contribution in [2.45, 2.75) is 38.6 Å². The van der Waals surface area contributed by atoms with E-state index in [1.807, 2.05) is 4.90 Å². The molecule has 0 unspecified atom stereocenters. The van der Waals surface area contributed by atoms with E-state index in [1.54, 1.807) is 36.2 Å². The minimum atomic E-state index is -0.350. The zero-order valence-electron chi connectivity index (χ0n) is 15.9. The summed E-state index contributed by atoms with van der Waals surface area (Å²) in [5, 5.41) is 0. The first-order valence-electron chi connectivity index (χ1n) is 9.62. The molecule has 3 heterocycles. The third kappa shape index (κ3) is 3.74. The highest BCUT2D eigenvalue weighted by Crippen LogP contribution is 2.26. The van der Waals surface area contributed by atoms with Crippen molar-refractivity contribution in [2.75, 3.05) is 19.6 Å². The van der Waals surface area contributed by atoms with Gasteiger partial charge in [0.15, 0.2) is 0 Å². The number of aromatic nitrogens is 2. The second-order valence-corrected chi connectivity index (χ2v) is 7.48. The molecule has 146 valence electrons. The predicted molar refractivity (Wildman–Crippen MR) is 101 cm³/mol. The highest BCUT2D eigenvalue weighted by Gasteiger charge is 2.29. The Bertz CT molecular complexity index is 917. The Morgan fingerprint density at radius 2 is 2.04 bits per heavy atom. The summed E-state index contributed by atoms with van der Waals surface area (Å²) < 4.78 is 13.8. The van der Waals surface area contributed by atoms with Crippen molar-refractivity contribution < 1.29 is 14.0 Å². The molecule has 0 bridgehead atoms. The molecule has 1 aromatic carbocycles. The van der Waals surface area contributed by atoms with Gasteiger partial charge in [-0.25, -0.2) is 14.4 Å². The molecule has 2 aromatic rings. The van der Waals surface area contributed by atoms with Crippen LogP contribution in [0.5, 0.6) is 0 Å². The third-order valence-corrected chi connectivity index (χ3v) is 5.60. The van der Waals surface area contributed by atoms with Gasteiger partial charge in [-0.05, 0) is 18.1 Å². The van der Waals surface area contributed by atoms with Gasteiger partial charge in [-0.2, -0.15) is 0 Å². The van der Waals surface area contributed by atoms with Crippen molar-refractivity contribution in [2.24, 2.45) is 0 Å². The van der Waals surface area contributed by atoms with Crippen molar-refractivity contribution in [3.63, 3.8) is 0 Å². The monoisotopic (exact) mass is 382 g/mol. The number of rotatable bonds is 3. The molecule has 2 amide bonds. The van der Waals surface area contributed by atoms with Crippen LogP contribution in [0.25, 0.3) is 0 Å². The maximum atomic E-state index is 13.8. The number of carbonyl (C=O) groups excluding carboxylic acids is 2. The van der Waals surface area contributed by atoms with Gasteiger partial charge in [0.05, 0.1) is 12.1 Å². The molecule has 2 aliphatic rings. The fourth-order valence-corrected chi connectivity index (χ4v) is 3.91. The quantitative estimate of drug-likeness (QED) is 0.815. The van der Waals surface area contributed by atoms with Crippen LogP contribution in [0.4, 0.5) is 4.39 Å². The van der Waals surface area contributed by atoms with Crippen molar-refractivity contribution in [3.05, 3.63) is 58.9 Å². The lowest BCUT2D eigenvalue weighted by Gasteiger charge is -2.28. The van der Waals surface area contributed by atoms with Gasteiger partial charge < -0.3 is 9.80 Å². The lowest BCUT2D eigenvalue weighted by Crippen LogP contribution is -2.37. The first-order valence-corrected chi connectivity index (χ1v) is 9.62. The van der Waals surface area contributed by atoms with E-state index >= 15 is 0 Å². The Balaban J connectivity index is 1.43. The van der Waals surface area contributed by atoms with Gasteiger partial charge in [-0.3, -0.25) is 9.59 Å². The molecule has 0 N–H and O–H groups in total. The molecular formula is C21H23FN4O2. The maximum absolute atomic E-state index is 13.8. The lowest BCUT2D eigenvalue weighted by atomic mass is 10.0. The summed E-state index contributed by atoms with van der Waals surface area (Å²) in [5.41, 5.74) is 2.33. The summed E-state index contributed by atoms with van der Waals surface area (Å²) >= 11 is 0. The Morgan fingerprint density at radius 3 is 2.79 bits per heavy atom. The van der Waals surface area contributed by atoms with Crippen LogP contribution in [-0.2, 0) is 29.0 Å². The second-order valence-electron chi connectivity index (χ2n) is 7.48. The number of benzene rings is 1. The Labute approximate surface area is 163 Å². The highest BCUT2D eigenvalue weighted by atomic mass is 19.1. The van der Waals surface area contributed by atoms with Gasteiger partial charge in [0, 0.05) is 57.2 Å². The van der Waals surface area contributed by atoms with Crippen molar-refractivity contribution in [3.8, 4) is 0 Å². The van der Waals surface area contributed by atoms with Crippen LogP contribution in [0.2, 0.25) is 0 Å². The Kier molecular flexibility index (Phi) is 5.07. The van der Waals surface area contributed by atoms with Gasteiger partial charge >= 0.3 is 0 Å². The number of halogens is 1. The van der Waals surface area contributed by atoms with Crippen LogP contribution in [0.1, 0.15) is 41.9 Å². The van der Waals surface area contributed by atoms with Gasteiger partial charge in [0.25, 0.3) is 0 Å². The predicted octanol–water partition coefficient (Wildman–Crippen LogP) is 2.08. The normalized spacial score (nSPS) is 18.9. The van der Waals surface area contributed by atoms with E-state index < -0.39 is 0 Å². The molecule has 0 saturated carbocycles. The zero-order chi connectivity index (χ0) is 19.7. The number of amides is 2. The fraction of sp³-hybridized carbons (Fsp3) is 0.429. The van der Waals surface area contributed by atoms with Crippen molar-refractivity contribution >= 4 is 11.8 Å². The molecule has 0 radical (unpaired) electrons. The van der Waals surface area contributed by atoms with Gasteiger partial charge in [-0.15, -0.1) is 0 Å². The summed E-state index contributed by atoms with van der Waals surface area (Å²) in [5.74, 6) is 0.609. The summed E-state index contributed by atoms with van der Waals surface area (Å²) in [6, 6.07) is 6.38. The number of hydrogen-bond acceptors (Lipinski definition) is 4. The summed E-state index contributed by atoms with van der Waals surface area (Å²) in [6.07, 6.45) is 3.41. The molecule has 0 spiro atoms. The Hall–Kier alpha value is -2.83. The first kappa shape index (κ1) is 18.5. The van der Waals surface area contributed by atoms with Crippen molar-refractivity contribution in [1.29, 1.82) is 0 Å². The largest absolute Gasteiger partial charge is 0.342 e. The average molecular weight is 382 g/mol. The van der Waals surface area contributed by atoms with Crippen LogP contribution >= 0.6 is 0 Å². The average Bonchev–Trinajstić information content (AvgIpc) is 3.19. The molecular weight excluding hydrogens is 359 g/mol. The number of carbonyl (C=O) groups is 2. The zero-order valence-corrected chi connectivity index (χ0v) is 15.9. The molecule has 1 aromatic heterocycles. The van der Waals surface area contributed by atoms with E-state index in [0.29, 0.717) is 31.6 Å². The van der Waals surface area contributed by atoms with Gasteiger partial charge in [0.1, 0.15) is 11.6 Å². The van der Waals surface area contributed by atoms with E-state index in [1.165, 1.54) is 6.07 Å². The molecule has 28 heavy (non-hydrogen) atoms. The van der Waals surface area contributed by atoms with Gasteiger partial charge in [-0.1, -0.05) is 18.2 Å². The first-order chi connectivity index (χ1) is 13.5. The van der Waals surface area contributed by atoms with Gasteiger partial charge in [0.2, 0.25) is 11.8 Å². The molecule has 2 aliphatic heterocycles. The number of nitrogens with zero attached hydrogens (tertiary/aromatic N) is 4. The summed E-state index contributed by atoms with van der Waals surface area (Å²) in [6.45, 7) is 4.03. The van der Waals surface area contributed by atoms with E-state index in [2.05, 4.69) is 4.98 Å². The second kappa shape index (κ2) is 7.66. The summed E-state index contributed by atoms with van der Waals surface area (Å²) in [7, 11) is 0. The molecule has 7 heteroatoms. The molecule has 0 aliphatic carbocycles. The van der Waals surface area contributed by atoms with Crippen LogP contribution < -0.4 is 0 Å². The number of fused-ring (bicyclic) bond motifs is 1. The minimum absolute atomic E-state index is 0.0594. The highest BCUT2D eigenvalue weighted by molar-refractivity contribution is 5.79. The Morgan fingerprint density at radius 1 is 1.21 bits per heavy atom. The molecule has 6 nitrogen and oxygen atoms in total.